The van der Waals surface area contributed by atoms with Crippen LogP contribution in [0.1, 0.15) is 19.5 Å². The summed E-state index contributed by atoms with van der Waals surface area (Å²) in [5.41, 5.74) is 2.60. The number of hydrogen-bond acceptors (Lipinski definition) is 6. The van der Waals surface area contributed by atoms with Crippen molar-refractivity contribution < 1.29 is 14.3 Å². The van der Waals surface area contributed by atoms with Crippen LogP contribution in [0.15, 0.2) is 34.4 Å². The Bertz CT molecular complexity index is 707. The molecule has 2 rings (SSSR count). The number of rotatable bonds is 8. The Labute approximate surface area is 149 Å². The van der Waals surface area contributed by atoms with Crippen LogP contribution in [0.4, 0.5) is 0 Å². The third-order valence-electron chi connectivity index (χ3n) is 3.20. The molecule has 2 aromatic heterocycles. The van der Waals surface area contributed by atoms with Gasteiger partial charge in [-0.15, -0.1) is 11.3 Å². The molecule has 128 valence electrons. The smallest absolute Gasteiger partial charge is 0.312 e. The highest BCUT2D eigenvalue weighted by Crippen LogP contribution is 2.25. The number of nitrogens with zero attached hydrogens (tertiary/aromatic N) is 2. The monoisotopic (exact) mass is 364 g/mol. The molecule has 0 aliphatic carbocycles. The molecule has 0 aliphatic heterocycles. The number of amides is 1. The van der Waals surface area contributed by atoms with Crippen LogP contribution in [0, 0.1) is 0 Å². The average Bonchev–Trinajstić information content (AvgIpc) is 3.21. The summed E-state index contributed by atoms with van der Waals surface area (Å²) in [6.07, 6.45) is 0.0700. The topological polar surface area (TPSA) is 59.5 Å². The van der Waals surface area contributed by atoms with Gasteiger partial charge in [0.05, 0.1) is 12.1 Å². The Balaban J connectivity index is 1.83. The molecule has 0 atom stereocenters. The molecule has 0 spiro atoms. The first-order valence-corrected chi connectivity index (χ1v) is 9.36. The minimum atomic E-state index is -0.447. The van der Waals surface area contributed by atoms with Crippen LogP contribution in [-0.2, 0) is 20.7 Å². The molecular formula is C17H20N2O3S2. The van der Waals surface area contributed by atoms with Gasteiger partial charge in [-0.2, -0.15) is 11.3 Å². The molecule has 0 aromatic carbocycles. The summed E-state index contributed by atoms with van der Waals surface area (Å²) < 4.78 is 5.08. The number of carbonyl (C=O) groups is 2. The van der Waals surface area contributed by atoms with E-state index in [1.807, 2.05) is 36.1 Å². The molecule has 0 radical (unpaired) electrons. The van der Waals surface area contributed by atoms with E-state index in [4.69, 9.17) is 4.74 Å². The van der Waals surface area contributed by atoms with E-state index in [1.54, 1.807) is 16.2 Å². The largest absolute Gasteiger partial charge is 0.455 e. The van der Waals surface area contributed by atoms with E-state index in [0.29, 0.717) is 18.8 Å². The van der Waals surface area contributed by atoms with Gasteiger partial charge in [0.25, 0.3) is 5.91 Å². The quantitative estimate of drug-likeness (QED) is 0.532. The molecule has 2 aromatic rings. The number of thiophene rings is 1. The lowest BCUT2D eigenvalue weighted by Gasteiger charge is -2.20. The van der Waals surface area contributed by atoms with E-state index in [2.05, 4.69) is 11.6 Å². The first kappa shape index (κ1) is 18.4. The molecule has 0 aliphatic rings. The summed E-state index contributed by atoms with van der Waals surface area (Å²) in [5.74, 6) is -0.664. The molecule has 2 heterocycles. The second-order valence-corrected chi connectivity index (χ2v) is 7.00. The van der Waals surface area contributed by atoms with Crippen molar-refractivity contribution in [3.63, 3.8) is 0 Å². The van der Waals surface area contributed by atoms with Gasteiger partial charge in [0.15, 0.2) is 6.61 Å². The van der Waals surface area contributed by atoms with Crippen molar-refractivity contribution in [1.82, 2.24) is 9.88 Å². The third kappa shape index (κ3) is 5.28. The molecule has 5 nitrogen and oxygen atoms in total. The predicted molar refractivity (Wildman–Crippen MR) is 97.2 cm³/mol. The second kappa shape index (κ2) is 8.75. The van der Waals surface area contributed by atoms with Gasteiger partial charge in [0.2, 0.25) is 0 Å². The number of carbonyl (C=O) groups excluding carboxylic acids is 2. The Hall–Kier alpha value is -1.99. The maximum absolute atomic E-state index is 12.0. The molecule has 1 amide bonds. The SMILES string of the molecule is C=C(C)CN(CC)C(=O)COC(=O)Cc1csc(-c2ccsc2)n1. The molecule has 0 N–H and O–H groups in total. The normalized spacial score (nSPS) is 10.4. The van der Waals surface area contributed by atoms with Crippen LogP contribution >= 0.6 is 22.7 Å². The first-order valence-electron chi connectivity index (χ1n) is 7.54. The maximum atomic E-state index is 12.0. The number of ether oxygens (including phenoxy) is 1. The van der Waals surface area contributed by atoms with Crippen molar-refractivity contribution in [3.05, 3.63) is 40.1 Å². The molecule has 0 saturated carbocycles. The fraction of sp³-hybridized carbons (Fsp3) is 0.353. The van der Waals surface area contributed by atoms with E-state index in [-0.39, 0.29) is 18.9 Å². The van der Waals surface area contributed by atoms with Crippen LogP contribution < -0.4 is 0 Å². The van der Waals surface area contributed by atoms with Crippen molar-refractivity contribution in [3.8, 4) is 10.6 Å². The molecule has 24 heavy (non-hydrogen) atoms. The number of likely N-dealkylation sites (N-methyl/N-ethyl adjacent to an activating group) is 1. The van der Waals surface area contributed by atoms with Crippen molar-refractivity contribution in [1.29, 1.82) is 0 Å². The highest BCUT2D eigenvalue weighted by Gasteiger charge is 2.15. The summed E-state index contributed by atoms with van der Waals surface area (Å²) in [6, 6.07) is 1.99. The summed E-state index contributed by atoms with van der Waals surface area (Å²) in [6.45, 7) is 8.31. The summed E-state index contributed by atoms with van der Waals surface area (Å²) in [7, 11) is 0. The molecule has 0 saturated heterocycles. The van der Waals surface area contributed by atoms with Gasteiger partial charge >= 0.3 is 5.97 Å². The minimum Gasteiger partial charge on any atom is -0.455 e. The fourth-order valence-corrected chi connectivity index (χ4v) is 3.57. The highest BCUT2D eigenvalue weighted by atomic mass is 32.1. The van der Waals surface area contributed by atoms with Gasteiger partial charge < -0.3 is 9.64 Å². The van der Waals surface area contributed by atoms with Crippen LogP contribution in [0.25, 0.3) is 10.6 Å². The van der Waals surface area contributed by atoms with Gasteiger partial charge in [0, 0.05) is 29.4 Å². The lowest BCUT2D eigenvalue weighted by Crippen LogP contribution is -2.35. The number of thiazole rings is 1. The average molecular weight is 364 g/mol. The summed E-state index contributed by atoms with van der Waals surface area (Å²) in [5, 5.41) is 6.73. The number of aromatic nitrogens is 1. The highest BCUT2D eigenvalue weighted by molar-refractivity contribution is 7.14. The zero-order valence-electron chi connectivity index (χ0n) is 13.8. The molecule has 0 fully saturated rings. The van der Waals surface area contributed by atoms with E-state index in [0.717, 1.165) is 16.1 Å². The van der Waals surface area contributed by atoms with E-state index >= 15 is 0 Å². The Morgan fingerprint density at radius 3 is 2.79 bits per heavy atom. The fourth-order valence-electron chi connectivity index (χ4n) is 2.04. The van der Waals surface area contributed by atoms with Gasteiger partial charge in [-0.3, -0.25) is 9.59 Å². The van der Waals surface area contributed by atoms with Crippen molar-refractivity contribution in [2.75, 3.05) is 19.7 Å². The molecule has 0 unspecified atom stereocenters. The van der Waals surface area contributed by atoms with Crippen molar-refractivity contribution >= 4 is 34.6 Å². The van der Waals surface area contributed by atoms with Gasteiger partial charge in [0.1, 0.15) is 5.01 Å². The van der Waals surface area contributed by atoms with Crippen molar-refractivity contribution in [2.45, 2.75) is 20.3 Å². The van der Waals surface area contributed by atoms with Crippen LogP contribution in [0.5, 0.6) is 0 Å². The zero-order chi connectivity index (χ0) is 17.5. The lowest BCUT2D eigenvalue weighted by molar-refractivity contribution is -0.151. The van der Waals surface area contributed by atoms with Gasteiger partial charge in [-0.05, 0) is 25.3 Å². The number of hydrogen-bond donors (Lipinski definition) is 0. The van der Waals surface area contributed by atoms with Crippen LogP contribution in [0.2, 0.25) is 0 Å². The molecule has 0 bridgehead atoms. The van der Waals surface area contributed by atoms with Crippen LogP contribution in [0.3, 0.4) is 0 Å². The lowest BCUT2D eigenvalue weighted by atomic mass is 10.3. The first-order chi connectivity index (χ1) is 11.5. The van der Waals surface area contributed by atoms with Crippen molar-refractivity contribution in [2.24, 2.45) is 0 Å². The Morgan fingerprint density at radius 1 is 1.38 bits per heavy atom. The van der Waals surface area contributed by atoms with E-state index in [9.17, 15) is 9.59 Å². The van der Waals surface area contributed by atoms with Gasteiger partial charge in [-0.1, -0.05) is 12.2 Å². The summed E-state index contributed by atoms with van der Waals surface area (Å²) >= 11 is 3.10. The van der Waals surface area contributed by atoms with E-state index in [1.165, 1.54) is 11.3 Å². The Kier molecular flexibility index (Phi) is 6.69. The number of esters is 1. The molecular weight excluding hydrogens is 344 g/mol. The second-order valence-electron chi connectivity index (χ2n) is 5.36. The van der Waals surface area contributed by atoms with E-state index < -0.39 is 5.97 Å². The van der Waals surface area contributed by atoms with Gasteiger partial charge in [-0.25, -0.2) is 4.98 Å². The van der Waals surface area contributed by atoms with Crippen LogP contribution in [-0.4, -0.2) is 41.5 Å². The predicted octanol–water partition coefficient (Wildman–Crippen LogP) is 3.38. The zero-order valence-corrected chi connectivity index (χ0v) is 15.4. The third-order valence-corrected chi connectivity index (χ3v) is 4.82. The standard InChI is InChI=1S/C17H20N2O3S2/c1-4-19(8-12(2)3)15(20)9-22-16(21)7-14-11-24-17(18-14)13-5-6-23-10-13/h5-6,10-11H,2,4,7-9H2,1,3H3. The maximum Gasteiger partial charge on any atom is 0.312 e. The minimum absolute atomic E-state index is 0.0700. The summed E-state index contributed by atoms with van der Waals surface area (Å²) in [4.78, 5) is 30.0. The Morgan fingerprint density at radius 2 is 2.17 bits per heavy atom. The molecule has 7 heteroatoms.